The number of nitrogen functional groups attached to an aromatic ring is 1. The van der Waals surface area contributed by atoms with Gasteiger partial charge in [-0.1, -0.05) is 17.8 Å². The Labute approximate surface area is 185 Å². The van der Waals surface area contributed by atoms with Crippen molar-refractivity contribution in [3.8, 4) is 11.5 Å². The van der Waals surface area contributed by atoms with Crippen LogP contribution in [-0.2, 0) is 20.9 Å². The molecule has 2 N–H and O–H groups in total. The minimum absolute atomic E-state index is 0.0730. The normalized spacial score (nSPS) is 16.1. The van der Waals surface area contributed by atoms with Crippen molar-refractivity contribution >= 4 is 23.6 Å². The van der Waals surface area contributed by atoms with Crippen LogP contribution in [-0.4, -0.2) is 64.2 Å². The average Bonchev–Trinajstić information content (AvgIpc) is 3.15. The van der Waals surface area contributed by atoms with Crippen LogP contribution in [0.4, 0.5) is 0 Å². The molecule has 10 nitrogen and oxygen atoms in total. The van der Waals surface area contributed by atoms with Gasteiger partial charge in [-0.05, 0) is 31.9 Å². The lowest BCUT2D eigenvalue weighted by atomic mass is 9.98. The lowest BCUT2D eigenvalue weighted by Crippen LogP contribution is -2.43. The van der Waals surface area contributed by atoms with Gasteiger partial charge < -0.3 is 25.0 Å². The number of thioether (sulfide) groups is 1. The van der Waals surface area contributed by atoms with E-state index in [0.717, 1.165) is 12.8 Å². The predicted molar refractivity (Wildman–Crippen MR) is 114 cm³/mol. The van der Waals surface area contributed by atoms with Crippen LogP contribution in [0.3, 0.4) is 0 Å². The second-order valence-corrected chi connectivity index (χ2v) is 7.90. The summed E-state index contributed by atoms with van der Waals surface area (Å²) in [5.41, 5.74) is 0. The van der Waals surface area contributed by atoms with Gasteiger partial charge in [-0.3, -0.25) is 9.59 Å². The molecule has 0 spiro atoms. The topological polar surface area (TPSA) is 122 Å². The van der Waals surface area contributed by atoms with Gasteiger partial charge in [0.2, 0.25) is 11.1 Å². The summed E-state index contributed by atoms with van der Waals surface area (Å²) in [7, 11) is 1.58. The molecule has 1 aliphatic rings. The number of nitrogens with two attached hydrogens (primary N) is 1. The number of carbonyl (C=O) groups is 2. The van der Waals surface area contributed by atoms with Gasteiger partial charge >= 0.3 is 5.97 Å². The van der Waals surface area contributed by atoms with Crippen molar-refractivity contribution in [1.82, 2.24) is 19.8 Å². The number of amides is 1. The monoisotopic (exact) mass is 449 g/mol. The SMILES string of the molecule is CCOC(=O)C1CCCN(C(=O)CSc2nnc(COc3cccc(OC)c3)n2N)C1. The molecule has 0 aliphatic carbocycles. The Bertz CT molecular complexity index is 906. The van der Waals surface area contributed by atoms with Gasteiger partial charge in [-0.15, -0.1) is 10.2 Å². The second kappa shape index (κ2) is 10.9. The van der Waals surface area contributed by atoms with Gasteiger partial charge in [-0.25, -0.2) is 4.68 Å². The number of ether oxygens (including phenoxy) is 3. The van der Waals surface area contributed by atoms with Gasteiger partial charge in [0.25, 0.3) is 0 Å². The average molecular weight is 450 g/mol. The molecule has 31 heavy (non-hydrogen) atoms. The van der Waals surface area contributed by atoms with Crippen LogP contribution < -0.4 is 15.3 Å². The molecule has 2 aromatic rings. The summed E-state index contributed by atoms with van der Waals surface area (Å²) in [5.74, 6) is 7.37. The van der Waals surface area contributed by atoms with Crippen molar-refractivity contribution in [3.63, 3.8) is 0 Å². The van der Waals surface area contributed by atoms with E-state index in [9.17, 15) is 9.59 Å². The fourth-order valence-electron chi connectivity index (χ4n) is 3.22. The van der Waals surface area contributed by atoms with Crippen molar-refractivity contribution in [3.05, 3.63) is 30.1 Å². The van der Waals surface area contributed by atoms with E-state index >= 15 is 0 Å². The lowest BCUT2D eigenvalue weighted by molar-refractivity contribution is -0.151. The number of likely N-dealkylation sites (tertiary alicyclic amines) is 1. The molecule has 1 saturated heterocycles. The molecule has 1 aliphatic heterocycles. The molecule has 168 valence electrons. The smallest absolute Gasteiger partial charge is 0.310 e. The highest BCUT2D eigenvalue weighted by Crippen LogP contribution is 2.22. The Morgan fingerprint density at radius 1 is 1.29 bits per heavy atom. The van der Waals surface area contributed by atoms with E-state index in [1.807, 2.05) is 12.1 Å². The van der Waals surface area contributed by atoms with Crippen LogP contribution >= 0.6 is 11.8 Å². The number of esters is 1. The van der Waals surface area contributed by atoms with Crippen LogP contribution in [0.1, 0.15) is 25.6 Å². The first-order valence-electron chi connectivity index (χ1n) is 10.0. The minimum Gasteiger partial charge on any atom is -0.497 e. The van der Waals surface area contributed by atoms with Gasteiger partial charge in [0.05, 0.1) is 25.4 Å². The van der Waals surface area contributed by atoms with Crippen molar-refractivity contribution in [2.75, 3.05) is 38.4 Å². The van der Waals surface area contributed by atoms with E-state index in [-0.39, 0.29) is 30.2 Å². The highest BCUT2D eigenvalue weighted by molar-refractivity contribution is 7.99. The Morgan fingerprint density at radius 3 is 2.87 bits per heavy atom. The van der Waals surface area contributed by atoms with E-state index in [2.05, 4.69) is 10.2 Å². The first-order valence-corrected chi connectivity index (χ1v) is 11.0. The van der Waals surface area contributed by atoms with Crippen LogP contribution in [0, 0.1) is 5.92 Å². The summed E-state index contributed by atoms with van der Waals surface area (Å²) in [6, 6.07) is 7.20. The largest absolute Gasteiger partial charge is 0.497 e. The zero-order valence-electron chi connectivity index (χ0n) is 17.7. The summed E-state index contributed by atoms with van der Waals surface area (Å²) in [6.07, 6.45) is 1.52. The lowest BCUT2D eigenvalue weighted by Gasteiger charge is -2.31. The van der Waals surface area contributed by atoms with Crippen molar-refractivity contribution < 1.29 is 23.8 Å². The number of nitrogens with zero attached hydrogens (tertiary/aromatic N) is 4. The molecule has 1 fully saturated rings. The standard InChI is InChI=1S/C20H27N5O5S/c1-3-29-19(27)14-6-5-9-24(11-14)18(26)13-31-20-23-22-17(25(20)21)12-30-16-8-4-7-15(10-16)28-2/h4,7-8,10,14H,3,5-6,9,11-13,21H2,1-2H3. The molecule has 1 aromatic carbocycles. The number of hydrogen-bond acceptors (Lipinski definition) is 9. The molecule has 1 unspecified atom stereocenters. The highest BCUT2D eigenvalue weighted by Gasteiger charge is 2.29. The van der Waals surface area contributed by atoms with E-state index in [4.69, 9.17) is 20.1 Å². The Balaban J connectivity index is 1.51. The second-order valence-electron chi connectivity index (χ2n) is 6.96. The summed E-state index contributed by atoms with van der Waals surface area (Å²) >= 11 is 1.20. The van der Waals surface area contributed by atoms with Crippen LogP contribution in [0.5, 0.6) is 11.5 Å². The van der Waals surface area contributed by atoms with E-state index in [1.165, 1.54) is 16.4 Å². The summed E-state index contributed by atoms with van der Waals surface area (Å²) in [4.78, 5) is 26.3. The fraction of sp³-hybridized carbons (Fsp3) is 0.500. The quantitative estimate of drug-likeness (QED) is 0.344. The van der Waals surface area contributed by atoms with Gasteiger partial charge in [-0.2, -0.15) is 0 Å². The molecule has 11 heteroatoms. The van der Waals surface area contributed by atoms with Gasteiger partial charge in [0.1, 0.15) is 18.1 Å². The maximum atomic E-state index is 12.6. The molecule has 0 saturated carbocycles. The third-order valence-corrected chi connectivity index (χ3v) is 5.79. The molecular weight excluding hydrogens is 422 g/mol. The van der Waals surface area contributed by atoms with Crippen LogP contribution in [0.2, 0.25) is 0 Å². The van der Waals surface area contributed by atoms with Gasteiger partial charge in [0, 0.05) is 19.2 Å². The van der Waals surface area contributed by atoms with E-state index in [1.54, 1.807) is 31.1 Å². The minimum atomic E-state index is -0.263. The molecule has 0 radical (unpaired) electrons. The Hall–Kier alpha value is -2.95. The molecule has 1 amide bonds. The molecule has 3 rings (SSSR count). The molecule has 1 aromatic heterocycles. The number of hydrogen-bond donors (Lipinski definition) is 1. The summed E-state index contributed by atoms with van der Waals surface area (Å²) in [6.45, 7) is 3.25. The number of piperidine rings is 1. The van der Waals surface area contributed by atoms with Crippen LogP contribution in [0.25, 0.3) is 0 Å². The molecule has 0 bridgehead atoms. The maximum Gasteiger partial charge on any atom is 0.310 e. The zero-order chi connectivity index (χ0) is 22.2. The Kier molecular flexibility index (Phi) is 7.99. The highest BCUT2D eigenvalue weighted by atomic mass is 32.2. The summed E-state index contributed by atoms with van der Waals surface area (Å²) < 4.78 is 17.3. The number of rotatable bonds is 9. The number of aromatic nitrogens is 3. The van der Waals surface area contributed by atoms with Crippen molar-refractivity contribution in [1.29, 1.82) is 0 Å². The first-order chi connectivity index (χ1) is 15.0. The molecule has 2 heterocycles. The molecular formula is C20H27N5O5S. The van der Waals surface area contributed by atoms with Crippen molar-refractivity contribution in [2.45, 2.75) is 31.5 Å². The number of benzene rings is 1. The predicted octanol–water partition coefficient (Wildman–Crippen LogP) is 1.47. The number of methoxy groups -OCH3 is 1. The third kappa shape index (κ3) is 6.03. The van der Waals surface area contributed by atoms with Crippen molar-refractivity contribution in [2.24, 2.45) is 5.92 Å². The van der Waals surface area contributed by atoms with E-state index < -0.39 is 0 Å². The zero-order valence-corrected chi connectivity index (χ0v) is 18.5. The first kappa shape index (κ1) is 22.7. The third-order valence-electron chi connectivity index (χ3n) is 4.86. The van der Waals surface area contributed by atoms with Crippen LogP contribution in [0.15, 0.2) is 29.4 Å². The van der Waals surface area contributed by atoms with Gasteiger partial charge in [0.15, 0.2) is 5.82 Å². The Morgan fingerprint density at radius 2 is 2.10 bits per heavy atom. The van der Waals surface area contributed by atoms with E-state index in [0.29, 0.717) is 42.2 Å². The molecule has 1 atom stereocenters. The summed E-state index contributed by atoms with van der Waals surface area (Å²) in [5, 5.41) is 8.51. The number of carbonyl (C=O) groups excluding carboxylic acids is 2. The fourth-order valence-corrected chi connectivity index (χ4v) is 3.99. The maximum absolute atomic E-state index is 12.6.